The topological polar surface area (TPSA) is 54.7 Å². The lowest BCUT2D eigenvalue weighted by Crippen LogP contribution is -1.89. The third-order valence-corrected chi connectivity index (χ3v) is 2.80. The molecule has 1 aromatic heterocycles. The first-order valence-electron chi connectivity index (χ1n) is 4.56. The lowest BCUT2D eigenvalue weighted by Gasteiger charge is -2.02. The van der Waals surface area contributed by atoms with Gasteiger partial charge in [-0.2, -0.15) is 5.10 Å². The highest BCUT2D eigenvalue weighted by Crippen LogP contribution is 2.30. The summed E-state index contributed by atoms with van der Waals surface area (Å²) >= 11 is 4.35. The summed E-state index contributed by atoms with van der Waals surface area (Å²) in [6.45, 7) is 4.23. The molecule has 0 saturated heterocycles. The normalized spacial score (nSPS) is 11.4. The molecule has 3 N–H and O–H groups in total. The van der Waals surface area contributed by atoms with E-state index in [0.717, 1.165) is 21.5 Å². The van der Waals surface area contributed by atoms with Gasteiger partial charge in [0.15, 0.2) is 0 Å². The molecule has 0 atom stereocenters. The average Bonchev–Trinajstić information content (AvgIpc) is 2.55. The van der Waals surface area contributed by atoms with Crippen molar-refractivity contribution < 1.29 is 0 Å². The molecule has 0 aliphatic heterocycles. The molecule has 4 heteroatoms. The van der Waals surface area contributed by atoms with E-state index in [1.807, 2.05) is 12.1 Å². The zero-order chi connectivity index (χ0) is 10.3. The number of thiol groups is 1. The summed E-state index contributed by atoms with van der Waals surface area (Å²) in [5.74, 6) is 0.403. The smallest absolute Gasteiger partial charge is 0.0807 e. The first-order valence-corrected chi connectivity index (χ1v) is 5.01. The van der Waals surface area contributed by atoms with Crippen molar-refractivity contribution >= 4 is 29.2 Å². The quantitative estimate of drug-likeness (QED) is 0.497. The summed E-state index contributed by atoms with van der Waals surface area (Å²) in [6.07, 6.45) is 0. The summed E-state index contributed by atoms with van der Waals surface area (Å²) in [5, 5.41) is 8.35. The van der Waals surface area contributed by atoms with Gasteiger partial charge in [0.05, 0.1) is 16.1 Å². The number of nitrogens with one attached hydrogen (secondary N) is 1. The van der Waals surface area contributed by atoms with E-state index in [1.165, 1.54) is 0 Å². The van der Waals surface area contributed by atoms with Crippen molar-refractivity contribution in [2.45, 2.75) is 24.7 Å². The number of H-pyrrole nitrogens is 1. The largest absolute Gasteiger partial charge is 0.398 e. The fourth-order valence-corrected chi connectivity index (χ4v) is 1.80. The Bertz CT molecular complexity index is 473. The van der Waals surface area contributed by atoms with Crippen LogP contribution in [-0.4, -0.2) is 10.2 Å². The van der Waals surface area contributed by atoms with Crippen molar-refractivity contribution in [3.63, 3.8) is 0 Å². The van der Waals surface area contributed by atoms with Crippen LogP contribution in [-0.2, 0) is 0 Å². The summed E-state index contributed by atoms with van der Waals surface area (Å²) in [7, 11) is 0. The number of aromatic nitrogens is 2. The highest BCUT2D eigenvalue weighted by molar-refractivity contribution is 7.80. The Hall–Kier alpha value is -1.16. The van der Waals surface area contributed by atoms with Gasteiger partial charge in [0.1, 0.15) is 0 Å². The van der Waals surface area contributed by atoms with Gasteiger partial charge in [-0.3, -0.25) is 5.10 Å². The van der Waals surface area contributed by atoms with E-state index in [9.17, 15) is 0 Å². The minimum atomic E-state index is 0.403. The molecule has 1 aromatic carbocycles. The Morgan fingerprint density at radius 1 is 1.43 bits per heavy atom. The standard InChI is InChI=1S/C10H13N3S/c1-5(2)8-6-3-4-7(11)10(14)9(6)13-12-8/h3-5,14H,11H2,1-2H3,(H,12,13). The minimum Gasteiger partial charge on any atom is -0.398 e. The zero-order valence-electron chi connectivity index (χ0n) is 8.20. The van der Waals surface area contributed by atoms with Crippen molar-refractivity contribution in [2.75, 3.05) is 5.73 Å². The second-order valence-corrected chi connectivity index (χ2v) is 4.14. The van der Waals surface area contributed by atoms with Gasteiger partial charge in [-0.05, 0) is 18.1 Å². The van der Waals surface area contributed by atoms with Crippen LogP contribution in [0.15, 0.2) is 17.0 Å². The Morgan fingerprint density at radius 2 is 2.14 bits per heavy atom. The molecule has 14 heavy (non-hydrogen) atoms. The number of fused-ring (bicyclic) bond motifs is 1. The Kier molecular flexibility index (Phi) is 2.15. The van der Waals surface area contributed by atoms with Crippen LogP contribution in [0.1, 0.15) is 25.5 Å². The highest BCUT2D eigenvalue weighted by Gasteiger charge is 2.11. The number of rotatable bonds is 1. The summed E-state index contributed by atoms with van der Waals surface area (Å²) in [6, 6.07) is 3.86. The molecule has 3 nitrogen and oxygen atoms in total. The Morgan fingerprint density at radius 3 is 2.79 bits per heavy atom. The molecule has 2 rings (SSSR count). The monoisotopic (exact) mass is 207 g/mol. The molecular weight excluding hydrogens is 194 g/mol. The lowest BCUT2D eigenvalue weighted by molar-refractivity contribution is 0.817. The van der Waals surface area contributed by atoms with Crippen LogP contribution in [0.5, 0.6) is 0 Å². The highest BCUT2D eigenvalue weighted by atomic mass is 32.1. The number of hydrogen-bond donors (Lipinski definition) is 3. The lowest BCUT2D eigenvalue weighted by atomic mass is 10.1. The van der Waals surface area contributed by atoms with E-state index in [2.05, 4.69) is 36.7 Å². The number of anilines is 1. The van der Waals surface area contributed by atoms with Crippen molar-refractivity contribution in [1.82, 2.24) is 10.2 Å². The van der Waals surface area contributed by atoms with Gasteiger partial charge in [0.2, 0.25) is 0 Å². The van der Waals surface area contributed by atoms with E-state index in [-0.39, 0.29) is 0 Å². The Labute approximate surface area is 88.1 Å². The molecule has 1 heterocycles. The van der Waals surface area contributed by atoms with Crippen molar-refractivity contribution in [1.29, 1.82) is 0 Å². The van der Waals surface area contributed by atoms with Crippen LogP contribution in [0.25, 0.3) is 10.9 Å². The van der Waals surface area contributed by atoms with E-state index in [1.54, 1.807) is 0 Å². The second kappa shape index (κ2) is 3.20. The van der Waals surface area contributed by atoms with Crippen molar-refractivity contribution in [2.24, 2.45) is 0 Å². The molecule has 0 aliphatic rings. The van der Waals surface area contributed by atoms with Crippen LogP contribution >= 0.6 is 12.6 Å². The number of benzene rings is 1. The first kappa shape index (κ1) is 9.40. The first-order chi connectivity index (χ1) is 6.61. The summed E-state index contributed by atoms with van der Waals surface area (Å²) in [5.41, 5.74) is 8.42. The Balaban J connectivity index is 2.77. The molecule has 74 valence electrons. The summed E-state index contributed by atoms with van der Waals surface area (Å²) in [4.78, 5) is 0.780. The fourth-order valence-electron chi connectivity index (χ4n) is 1.55. The SMILES string of the molecule is CC(C)c1n[nH]c2c(S)c(N)ccc12. The predicted molar refractivity (Wildman–Crippen MR) is 61.8 cm³/mol. The molecule has 0 unspecified atom stereocenters. The molecule has 0 amide bonds. The van der Waals surface area contributed by atoms with Crippen LogP contribution in [0.3, 0.4) is 0 Å². The molecule has 2 aromatic rings. The zero-order valence-corrected chi connectivity index (χ0v) is 9.10. The van der Waals surface area contributed by atoms with E-state index in [0.29, 0.717) is 11.6 Å². The maximum atomic E-state index is 5.75. The summed E-state index contributed by atoms with van der Waals surface area (Å²) < 4.78 is 0. The number of hydrogen-bond acceptors (Lipinski definition) is 3. The number of aromatic amines is 1. The molecule has 0 bridgehead atoms. The van der Waals surface area contributed by atoms with Gasteiger partial charge in [0.25, 0.3) is 0 Å². The van der Waals surface area contributed by atoms with Gasteiger partial charge in [-0.1, -0.05) is 13.8 Å². The molecular formula is C10H13N3S. The number of nitrogens with two attached hydrogens (primary N) is 1. The molecule has 0 aliphatic carbocycles. The fraction of sp³-hybridized carbons (Fsp3) is 0.300. The van der Waals surface area contributed by atoms with Crippen molar-refractivity contribution in [3.8, 4) is 0 Å². The van der Waals surface area contributed by atoms with Crippen LogP contribution in [0.2, 0.25) is 0 Å². The maximum absolute atomic E-state index is 5.75. The van der Waals surface area contributed by atoms with Gasteiger partial charge in [-0.25, -0.2) is 0 Å². The van der Waals surface area contributed by atoms with Crippen molar-refractivity contribution in [3.05, 3.63) is 17.8 Å². The third-order valence-electron chi connectivity index (χ3n) is 2.32. The van der Waals surface area contributed by atoms with Gasteiger partial charge in [0, 0.05) is 11.1 Å². The van der Waals surface area contributed by atoms with Crippen LogP contribution in [0.4, 0.5) is 5.69 Å². The minimum absolute atomic E-state index is 0.403. The average molecular weight is 207 g/mol. The van der Waals surface area contributed by atoms with E-state index < -0.39 is 0 Å². The molecule has 0 spiro atoms. The molecule has 0 radical (unpaired) electrons. The van der Waals surface area contributed by atoms with Crippen LogP contribution in [0, 0.1) is 0 Å². The second-order valence-electron chi connectivity index (χ2n) is 3.69. The number of nitrogens with zero attached hydrogens (tertiary/aromatic N) is 1. The van der Waals surface area contributed by atoms with E-state index >= 15 is 0 Å². The van der Waals surface area contributed by atoms with Gasteiger partial charge < -0.3 is 5.73 Å². The predicted octanol–water partition coefficient (Wildman–Crippen LogP) is 2.56. The van der Waals surface area contributed by atoms with E-state index in [4.69, 9.17) is 5.73 Å². The molecule has 0 fully saturated rings. The maximum Gasteiger partial charge on any atom is 0.0807 e. The number of nitrogen functional groups attached to an aromatic ring is 1. The molecule has 0 saturated carbocycles. The van der Waals surface area contributed by atoms with Gasteiger partial charge in [-0.15, -0.1) is 12.6 Å². The third kappa shape index (κ3) is 1.26. The van der Waals surface area contributed by atoms with Crippen LogP contribution < -0.4 is 5.73 Å². The van der Waals surface area contributed by atoms with Gasteiger partial charge >= 0.3 is 0 Å².